The van der Waals surface area contributed by atoms with Crippen LogP contribution < -0.4 is 5.32 Å². The number of rotatable bonds is 9. The summed E-state index contributed by atoms with van der Waals surface area (Å²) in [6.07, 6.45) is 3.53. The molecule has 5 nitrogen and oxygen atoms in total. The molecule has 0 saturated heterocycles. The second kappa shape index (κ2) is 8.59. The topological polar surface area (TPSA) is 66.5 Å². The van der Waals surface area contributed by atoms with Gasteiger partial charge in [-0.05, 0) is 12.0 Å². The molecule has 0 spiro atoms. The van der Waals surface area contributed by atoms with Gasteiger partial charge in [0.25, 0.3) is 0 Å². The zero-order valence-electron chi connectivity index (χ0n) is 12.3. The van der Waals surface area contributed by atoms with Gasteiger partial charge in [0.15, 0.2) is 0 Å². The lowest BCUT2D eigenvalue weighted by Gasteiger charge is -2.19. The first kappa shape index (κ1) is 17.4. The van der Waals surface area contributed by atoms with Crippen molar-refractivity contribution in [3.8, 4) is 0 Å². The van der Waals surface area contributed by atoms with Crippen LogP contribution in [-0.2, 0) is 21.2 Å². The summed E-state index contributed by atoms with van der Waals surface area (Å²) in [4.78, 5) is 11.5. The monoisotopic (exact) mass is 310 g/mol. The van der Waals surface area contributed by atoms with Crippen LogP contribution in [0.15, 0.2) is 43.0 Å². The second-order valence-corrected chi connectivity index (χ2v) is 6.72. The van der Waals surface area contributed by atoms with E-state index in [0.29, 0.717) is 19.5 Å². The molecule has 6 heteroatoms. The van der Waals surface area contributed by atoms with E-state index in [-0.39, 0.29) is 18.9 Å². The van der Waals surface area contributed by atoms with Crippen molar-refractivity contribution in [1.29, 1.82) is 0 Å². The molecule has 0 bridgehead atoms. The smallest absolute Gasteiger partial charge is 0.221 e. The summed E-state index contributed by atoms with van der Waals surface area (Å²) in [5, 5.41) is 2.63. The van der Waals surface area contributed by atoms with Gasteiger partial charge in [0.2, 0.25) is 15.9 Å². The van der Waals surface area contributed by atoms with Gasteiger partial charge in [0.05, 0.1) is 6.26 Å². The van der Waals surface area contributed by atoms with E-state index in [1.165, 1.54) is 10.6 Å². The highest BCUT2D eigenvalue weighted by Gasteiger charge is 2.17. The highest BCUT2D eigenvalue weighted by atomic mass is 32.2. The van der Waals surface area contributed by atoms with Gasteiger partial charge in [0.1, 0.15) is 0 Å². The van der Waals surface area contributed by atoms with E-state index >= 15 is 0 Å². The summed E-state index contributed by atoms with van der Waals surface area (Å²) in [5.74, 6) is -0.178. The van der Waals surface area contributed by atoms with E-state index in [1.54, 1.807) is 6.08 Å². The molecule has 0 heterocycles. The van der Waals surface area contributed by atoms with E-state index < -0.39 is 10.0 Å². The molecule has 1 rings (SSSR count). The molecule has 0 aliphatic rings. The summed E-state index contributed by atoms with van der Waals surface area (Å²) < 4.78 is 24.9. The predicted molar refractivity (Wildman–Crippen MR) is 84.4 cm³/mol. The van der Waals surface area contributed by atoms with Gasteiger partial charge in [0, 0.05) is 26.1 Å². The van der Waals surface area contributed by atoms with Crippen molar-refractivity contribution in [3.05, 3.63) is 48.6 Å². The van der Waals surface area contributed by atoms with E-state index in [9.17, 15) is 13.2 Å². The predicted octanol–water partition coefficient (Wildman–Crippen LogP) is 1.18. The molecule has 0 aromatic heterocycles. The molecule has 0 aliphatic carbocycles. The van der Waals surface area contributed by atoms with Crippen LogP contribution in [0.1, 0.15) is 12.0 Å². The lowest BCUT2D eigenvalue weighted by molar-refractivity contribution is -0.120. The lowest BCUT2D eigenvalue weighted by Crippen LogP contribution is -2.36. The third-order valence-electron chi connectivity index (χ3n) is 2.99. The Morgan fingerprint density at radius 2 is 1.95 bits per heavy atom. The molecule has 1 amide bonds. The first-order chi connectivity index (χ1) is 9.93. The number of sulfonamides is 1. The summed E-state index contributed by atoms with van der Waals surface area (Å²) in [7, 11) is -3.32. The normalized spacial score (nSPS) is 11.3. The van der Waals surface area contributed by atoms with Crippen LogP contribution in [0.25, 0.3) is 0 Å². The Kier molecular flexibility index (Phi) is 7.11. The first-order valence-corrected chi connectivity index (χ1v) is 8.65. The number of amides is 1. The van der Waals surface area contributed by atoms with Crippen molar-refractivity contribution in [2.24, 2.45) is 0 Å². The van der Waals surface area contributed by atoms with Gasteiger partial charge >= 0.3 is 0 Å². The number of hydrogen-bond donors (Lipinski definition) is 1. The SMILES string of the molecule is C=CCNC(=O)CCN(CCc1ccccc1)S(C)(=O)=O. The number of carbonyl (C=O) groups excluding carboxylic acids is 1. The number of carbonyl (C=O) groups is 1. The van der Waals surface area contributed by atoms with Crippen molar-refractivity contribution in [2.75, 3.05) is 25.9 Å². The van der Waals surface area contributed by atoms with Crippen LogP contribution in [0, 0.1) is 0 Å². The Hall–Kier alpha value is -1.66. The number of hydrogen-bond acceptors (Lipinski definition) is 3. The number of benzene rings is 1. The van der Waals surface area contributed by atoms with Gasteiger partial charge in [-0.15, -0.1) is 6.58 Å². The van der Waals surface area contributed by atoms with Gasteiger partial charge in [-0.25, -0.2) is 12.7 Å². The Morgan fingerprint density at radius 3 is 2.52 bits per heavy atom. The third kappa shape index (κ3) is 7.06. The number of nitrogens with one attached hydrogen (secondary N) is 1. The van der Waals surface area contributed by atoms with E-state index in [2.05, 4.69) is 11.9 Å². The third-order valence-corrected chi connectivity index (χ3v) is 4.30. The maximum Gasteiger partial charge on any atom is 0.221 e. The van der Waals surface area contributed by atoms with Crippen molar-refractivity contribution >= 4 is 15.9 Å². The minimum atomic E-state index is -3.32. The Bertz CT molecular complexity index is 556. The summed E-state index contributed by atoms with van der Waals surface area (Å²) in [5.41, 5.74) is 1.07. The van der Waals surface area contributed by atoms with Crippen LogP contribution in [0.2, 0.25) is 0 Å². The molecular weight excluding hydrogens is 288 g/mol. The zero-order valence-corrected chi connectivity index (χ0v) is 13.1. The molecule has 1 aromatic carbocycles. The second-order valence-electron chi connectivity index (χ2n) is 4.74. The van der Waals surface area contributed by atoms with Crippen molar-refractivity contribution in [1.82, 2.24) is 9.62 Å². The number of nitrogens with zero attached hydrogens (tertiary/aromatic N) is 1. The molecule has 0 aliphatic heterocycles. The molecule has 0 radical (unpaired) electrons. The fourth-order valence-electron chi connectivity index (χ4n) is 1.84. The fraction of sp³-hybridized carbons (Fsp3) is 0.400. The van der Waals surface area contributed by atoms with Crippen LogP contribution >= 0.6 is 0 Å². The van der Waals surface area contributed by atoms with Gasteiger partial charge in [-0.2, -0.15) is 0 Å². The highest BCUT2D eigenvalue weighted by Crippen LogP contribution is 2.05. The maximum absolute atomic E-state index is 11.8. The Labute approximate surface area is 126 Å². The molecule has 0 unspecified atom stereocenters. The molecule has 0 fully saturated rings. The summed E-state index contributed by atoms with van der Waals surface area (Å²) in [6.45, 7) is 4.46. The van der Waals surface area contributed by atoms with Crippen LogP contribution in [0.3, 0.4) is 0 Å². The van der Waals surface area contributed by atoms with Crippen LogP contribution in [-0.4, -0.2) is 44.5 Å². The van der Waals surface area contributed by atoms with Crippen molar-refractivity contribution < 1.29 is 13.2 Å². The zero-order chi connectivity index (χ0) is 15.7. The highest BCUT2D eigenvalue weighted by molar-refractivity contribution is 7.88. The molecule has 116 valence electrons. The van der Waals surface area contributed by atoms with Crippen LogP contribution in [0.5, 0.6) is 0 Å². The van der Waals surface area contributed by atoms with E-state index in [1.807, 2.05) is 30.3 Å². The molecule has 21 heavy (non-hydrogen) atoms. The quantitative estimate of drug-likeness (QED) is 0.697. The molecule has 0 atom stereocenters. The lowest BCUT2D eigenvalue weighted by atomic mass is 10.1. The fourth-order valence-corrected chi connectivity index (χ4v) is 2.69. The van der Waals surface area contributed by atoms with E-state index in [0.717, 1.165) is 5.56 Å². The van der Waals surface area contributed by atoms with Crippen molar-refractivity contribution in [2.45, 2.75) is 12.8 Å². The minimum Gasteiger partial charge on any atom is -0.353 e. The standard InChI is InChI=1S/C15H22N2O3S/c1-3-11-16-15(18)10-13-17(21(2,19)20)12-9-14-7-5-4-6-8-14/h3-8H,1,9-13H2,2H3,(H,16,18). The summed E-state index contributed by atoms with van der Waals surface area (Å²) >= 11 is 0. The van der Waals surface area contributed by atoms with Crippen LogP contribution in [0.4, 0.5) is 0 Å². The largest absolute Gasteiger partial charge is 0.353 e. The average Bonchev–Trinajstić information content (AvgIpc) is 2.44. The molecule has 0 saturated carbocycles. The van der Waals surface area contributed by atoms with Crippen molar-refractivity contribution in [3.63, 3.8) is 0 Å². The molecule has 1 N–H and O–H groups in total. The first-order valence-electron chi connectivity index (χ1n) is 6.80. The van der Waals surface area contributed by atoms with Gasteiger partial charge in [-0.1, -0.05) is 36.4 Å². The average molecular weight is 310 g/mol. The Morgan fingerprint density at radius 1 is 1.29 bits per heavy atom. The Balaban J connectivity index is 2.53. The molecule has 1 aromatic rings. The molecular formula is C15H22N2O3S. The van der Waals surface area contributed by atoms with E-state index in [4.69, 9.17) is 0 Å². The minimum absolute atomic E-state index is 0.149. The van der Waals surface area contributed by atoms with Gasteiger partial charge in [-0.3, -0.25) is 4.79 Å². The summed E-state index contributed by atoms with van der Waals surface area (Å²) in [6, 6.07) is 9.67. The maximum atomic E-state index is 11.8. The van der Waals surface area contributed by atoms with Gasteiger partial charge < -0.3 is 5.32 Å².